The zero-order valence-corrected chi connectivity index (χ0v) is 17.6. The third-order valence-electron chi connectivity index (χ3n) is 3.42. The lowest BCUT2D eigenvalue weighted by Gasteiger charge is -2.11. The van der Waals surface area contributed by atoms with Gasteiger partial charge in [0.1, 0.15) is 0 Å². The van der Waals surface area contributed by atoms with Crippen LogP contribution in [0.15, 0.2) is 61.9 Å². The van der Waals surface area contributed by atoms with Gasteiger partial charge >= 0.3 is 0 Å². The number of aryl methyl sites for hydroxylation is 1. The van der Waals surface area contributed by atoms with Crippen LogP contribution in [0.3, 0.4) is 0 Å². The minimum atomic E-state index is -0.458. The quantitative estimate of drug-likeness (QED) is 0.308. The molecule has 0 spiro atoms. The van der Waals surface area contributed by atoms with Crippen LogP contribution in [0.4, 0.5) is 11.4 Å². The standard InChI is InChI=1S/C16H13BrN6O3S2/c1-22-16(19-20-21-22)28-14-7-2-10(17)8-13(14)18-15(24)9-27-12-5-3-11(4-6-12)23(25)26/h2-8H,9H2,1H3,(H,18,24). The van der Waals surface area contributed by atoms with Crippen molar-refractivity contribution in [3.8, 4) is 0 Å². The molecule has 0 unspecified atom stereocenters. The summed E-state index contributed by atoms with van der Waals surface area (Å²) >= 11 is 6.04. The number of anilines is 1. The Balaban J connectivity index is 1.65. The van der Waals surface area contributed by atoms with Gasteiger partial charge in [-0.05, 0) is 52.5 Å². The fraction of sp³-hybridized carbons (Fsp3) is 0.125. The topological polar surface area (TPSA) is 116 Å². The monoisotopic (exact) mass is 480 g/mol. The lowest BCUT2D eigenvalue weighted by Crippen LogP contribution is -2.14. The highest BCUT2D eigenvalue weighted by molar-refractivity contribution is 9.10. The molecular weight excluding hydrogens is 468 g/mol. The van der Waals surface area contributed by atoms with E-state index >= 15 is 0 Å². The average Bonchev–Trinajstić information content (AvgIpc) is 3.07. The summed E-state index contributed by atoms with van der Waals surface area (Å²) in [6.45, 7) is 0. The lowest BCUT2D eigenvalue weighted by atomic mass is 10.3. The summed E-state index contributed by atoms with van der Waals surface area (Å²) < 4.78 is 2.37. The van der Waals surface area contributed by atoms with E-state index in [0.29, 0.717) is 10.8 Å². The molecule has 1 amide bonds. The summed E-state index contributed by atoms with van der Waals surface area (Å²) in [6, 6.07) is 11.6. The molecule has 28 heavy (non-hydrogen) atoms. The number of amides is 1. The van der Waals surface area contributed by atoms with Crippen molar-refractivity contribution >= 4 is 56.7 Å². The van der Waals surface area contributed by atoms with E-state index in [2.05, 4.69) is 36.8 Å². The molecule has 12 heteroatoms. The molecule has 0 fully saturated rings. The maximum absolute atomic E-state index is 12.4. The van der Waals surface area contributed by atoms with Crippen LogP contribution in [0.2, 0.25) is 0 Å². The number of tetrazole rings is 1. The number of nitrogens with one attached hydrogen (secondary N) is 1. The summed E-state index contributed by atoms with van der Waals surface area (Å²) in [6.07, 6.45) is 0. The third kappa shape index (κ3) is 5.30. The highest BCUT2D eigenvalue weighted by Crippen LogP contribution is 2.34. The third-order valence-corrected chi connectivity index (χ3v) is 6.03. The first kappa shape index (κ1) is 20.3. The molecule has 0 aliphatic heterocycles. The SMILES string of the molecule is Cn1nnnc1Sc1ccc(Br)cc1NC(=O)CSc1ccc([N+](=O)[O-])cc1. The number of thioether (sulfide) groups is 1. The molecule has 3 rings (SSSR count). The van der Waals surface area contributed by atoms with Crippen molar-refractivity contribution in [1.29, 1.82) is 0 Å². The Labute approximate surface area is 176 Å². The van der Waals surface area contributed by atoms with Gasteiger partial charge in [0.15, 0.2) is 0 Å². The number of non-ortho nitro benzene ring substituents is 1. The van der Waals surface area contributed by atoms with Crippen molar-refractivity contribution < 1.29 is 9.72 Å². The molecule has 1 N–H and O–H groups in total. The van der Waals surface area contributed by atoms with E-state index in [1.807, 2.05) is 12.1 Å². The van der Waals surface area contributed by atoms with Gasteiger partial charge in [-0.3, -0.25) is 14.9 Å². The van der Waals surface area contributed by atoms with E-state index in [4.69, 9.17) is 0 Å². The van der Waals surface area contributed by atoms with Gasteiger partial charge in [0.25, 0.3) is 5.69 Å². The highest BCUT2D eigenvalue weighted by Gasteiger charge is 2.13. The molecule has 0 saturated heterocycles. The molecule has 0 bridgehead atoms. The zero-order valence-electron chi connectivity index (χ0n) is 14.4. The van der Waals surface area contributed by atoms with Crippen LogP contribution in [0.5, 0.6) is 0 Å². The van der Waals surface area contributed by atoms with E-state index < -0.39 is 4.92 Å². The first-order valence-electron chi connectivity index (χ1n) is 7.79. The van der Waals surface area contributed by atoms with Crippen LogP contribution in [-0.2, 0) is 11.8 Å². The summed E-state index contributed by atoms with van der Waals surface area (Å²) in [4.78, 5) is 24.2. The molecule has 0 aliphatic carbocycles. The number of benzene rings is 2. The number of nitro benzene ring substituents is 1. The molecule has 144 valence electrons. The second kappa shape index (κ2) is 9.17. The molecular formula is C16H13BrN6O3S2. The molecule has 0 saturated carbocycles. The molecule has 3 aromatic rings. The number of carbonyl (C=O) groups excluding carboxylic acids is 1. The van der Waals surface area contributed by atoms with Crippen LogP contribution < -0.4 is 5.32 Å². The number of hydrogen-bond acceptors (Lipinski definition) is 8. The molecule has 1 aromatic heterocycles. The van der Waals surface area contributed by atoms with Crippen molar-refractivity contribution in [2.45, 2.75) is 14.9 Å². The van der Waals surface area contributed by atoms with Gasteiger partial charge in [0, 0.05) is 33.4 Å². The van der Waals surface area contributed by atoms with Crippen LogP contribution in [0, 0.1) is 10.1 Å². The number of hydrogen-bond donors (Lipinski definition) is 1. The second-order valence-electron chi connectivity index (χ2n) is 5.42. The fourth-order valence-electron chi connectivity index (χ4n) is 2.09. The predicted molar refractivity (Wildman–Crippen MR) is 110 cm³/mol. The van der Waals surface area contributed by atoms with Crippen molar-refractivity contribution in [3.63, 3.8) is 0 Å². The van der Waals surface area contributed by atoms with Crippen LogP contribution in [0.1, 0.15) is 0 Å². The van der Waals surface area contributed by atoms with Gasteiger partial charge in [0.05, 0.1) is 16.4 Å². The lowest BCUT2D eigenvalue weighted by molar-refractivity contribution is -0.384. The smallest absolute Gasteiger partial charge is 0.269 e. The zero-order chi connectivity index (χ0) is 20.1. The number of halogens is 1. The molecule has 0 aliphatic rings. The van der Waals surface area contributed by atoms with Crippen LogP contribution in [0.25, 0.3) is 0 Å². The molecule has 0 radical (unpaired) electrons. The van der Waals surface area contributed by atoms with Crippen molar-refractivity contribution in [2.24, 2.45) is 7.05 Å². The number of carbonyl (C=O) groups is 1. The molecule has 1 heterocycles. The first-order chi connectivity index (χ1) is 13.4. The minimum Gasteiger partial charge on any atom is -0.324 e. The van der Waals surface area contributed by atoms with Crippen molar-refractivity contribution in [3.05, 3.63) is 57.1 Å². The van der Waals surface area contributed by atoms with Gasteiger partial charge in [-0.1, -0.05) is 15.9 Å². The van der Waals surface area contributed by atoms with E-state index in [1.165, 1.54) is 35.7 Å². The first-order valence-corrected chi connectivity index (χ1v) is 10.4. The van der Waals surface area contributed by atoms with E-state index in [1.54, 1.807) is 29.9 Å². The minimum absolute atomic E-state index is 0.0165. The maximum atomic E-state index is 12.4. The van der Waals surface area contributed by atoms with E-state index in [0.717, 1.165) is 14.3 Å². The van der Waals surface area contributed by atoms with Gasteiger partial charge in [0.2, 0.25) is 11.1 Å². The number of aromatic nitrogens is 4. The average molecular weight is 481 g/mol. The Morgan fingerprint density at radius 1 is 1.29 bits per heavy atom. The number of nitrogens with zero attached hydrogens (tertiary/aromatic N) is 5. The van der Waals surface area contributed by atoms with Gasteiger partial charge < -0.3 is 5.32 Å². The van der Waals surface area contributed by atoms with Gasteiger partial charge in [-0.15, -0.1) is 16.9 Å². The Bertz CT molecular complexity index is 1010. The maximum Gasteiger partial charge on any atom is 0.269 e. The number of rotatable bonds is 7. The Hall–Kier alpha value is -2.44. The Morgan fingerprint density at radius 2 is 2.04 bits per heavy atom. The van der Waals surface area contributed by atoms with Crippen molar-refractivity contribution in [2.75, 3.05) is 11.1 Å². The van der Waals surface area contributed by atoms with E-state index in [-0.39, 0.29) is 17.3 Å². The normalized spacial score (nSPS) is 10.6. The second-order valence-corrected chi connectivity index (χ2v) is 8.39. The van der Waals surface area contributed by atoms with Gasteiger partial charge in [-0.2, -0.15) is 0 Å². The summed E-state index contributed by atoms with van der Waals surface area (Å²) in [7, 11) is 1.74. The Morgan fingerprint density at radius 3 is 2.68 bits per heavy atom. The van der Waals surface area contributed by atoms with Gasteiger partial charge in [-0.25, -0.2) is 4.68 Å². The molecule has 0 atom stereocenters. The predicted octanol–water partition coefficient (Wildman–Crippen LogP) is 3.76. The summed E-state index contributed by atoms with van der Waals surface area (Å²) in [5.74, 6) is -0.0284. The molecule has 2 aromatic carbocycles. The highest BCUT2D eigenvalue weighted by atomic mass is 79.9. The molecule has 9 nitrogen and oxygen atoms in total. The van der Waals surface area contributed by atoms with Crippen LogP contribution >= 0.6 is 39.5 Å². The summed E-state index contributed by atoms with van der Waals surface area (Å²) in [5, 5.41) is 25.5. The van der Waals surface area contributed by atoms with Crippen molar-refractivity contribution in [1.82, 2.24) is 20.2 Å². The Kier molecular flexibility index (Phi) is 6.65. The number of nitro groups is 1. The fourth-order valence-corrected chi connectivity index (χ4v) is 3.95. The van der Waals surface area contributed by atoms with E-state index in [9.17, 15) is 14.9 Å². The summed E-state index contributed by atoms with van der Waals surface area (Å²) in [5.41, 5.74) is 0.652. The largest absolute Gasteiger partial charge is 0.324 e. The van der Waals surface area contributed by atoms with Crippen LogP contribution in [-0.4, -0.2) is 36.8 Å².